The Labute approximate surface area is 178 Å². The Morgan fingerprint density at radius 1 is 1.00 bits per heavy atom. The molecule has 0 heterocycles. The highest BCUT2D eigenvalue weighted by Gasteiger charge is 2.23. The van der Waals surface area contributed by atoms with Gasteiger partial charge in [0.1, 0.15) is 0 Å². The predicted molar refractivity (Wildman–Crippen MR) is 117 cm³/mol. The predicted octanol–water partition coefficient (Wildman–Crippen LogP) is 3.51. The SMILES string of the molecule is CCOC(=O)/C(CCO)=C(\c1ccccc1)c1ccc(S(=O)(=O)NC(C)(C)C)cc1. The van der Waals surface area contributed by atoms with Gasteiger partial charge in [-0.1, -0.05) is 42.5 Å². The fourth-order valence-corrected chi connectivity index (χ4v) is 4.46. The van der Waals surface area contributed by atoms with Gasteiger partial charge in [-0.3, -0.25) is 0 Å². The van der Waals surface area contributed by atoms with Crippen LogP contribution in [-0.4, -0.2) is 38.2 Å². The molecule has 2 aromatic rings. The minimum absolute atomic E-state index is 0.120. The third kappa shape index (κ3) is 6.26. The number of ether oxygens (including phenoxy) is 1. The third-order valence-electron chi connectivity index (χ3n) is 4.14. The van der Waals surface area contributed by atoms with Gasteiger partial charge in [-0.2, -0.15) is 0 Å². The van der Waals surface area contributed by atoms with Gasteiger partial charge in [-0.05, 0) is 56.5 Å². The van der Waals surface area contributed by atoms with Gasteiger partial charge < -0.3 is 9.84 Å². The molecule has 0 fully saturated rings. The van der Waals surface area contributed by atoms with Crippen molar-refractivity contribution in [1.82, 2.24) is 4.72 Å². The quantitative estimate of drug-likeness (QED) is 0.493. The Balaban J connectivity index is 2.60. The number of rotatable bonds is 8. The summed E-state index contributed by atoms with van der Waals surface area (Å²) in [4.78, 5) is 12.7. The standard InChI is InChI=1S/C23H29NO5S/c1-5-29-22(26)20(15-16-25)21(17-9-7-6-8-10-17)18-11-13-19(14-12-18)30(27,28)24-23(2,3)4/h6-14,24-25H,5,15-16H2,1-4H3/b21-20+. The first kappa shape index (κ1) is 23.8. The largest absolute Gasteiger partial charge is 0.463 e. The van der Waals surface area contributed by atoms with Gasteiger partial charge in [0, 0.05) is 24.1 Å². The summed E-state index contributed by atoms with van der Waals surface area (Å²) in [6, 6.07) is 15.6. The summed E-state index contributed by atoms with van der Waals surface area (Å²) in [6.45, 7) is 7.04. The minimum Gasteiger partial charge on any atom is -0.463 e. The Kier molecular flexibility index (Phi) is 7.95. The molecule has 0 aromatic heterocycles. The van der Waals surface area contributed by atoms with Crippen LogP contribution in [0.25, 0.3) is 5.57 Å². The lowest BCUT2D eigenvalue weighted by Crippen LogP contribution is -2.40. The first-order valence-corrected chi connectivity index (χ1v) is 11.3. The molecule has 162 valence electrons. The summed E-state index contributed by atoms with van der Waals surface area (Å²) in [5.41, 5.74) is 1.78. The topological polar surface area (TPSA) is 92.7 Å². The molecule has 0 saturated carbocycles. The van der Waals surface area contributed by atoms with Crippen LogP contribution < -0.4 is 4.72 Å². The number of carbonyl (C=O) groups excluding carboxylic acids is 1. The third-order valence-corrected chi connectivity index (χ3v) is 5.92. The van der Waals surface area contributed by atoms with Gasteiger partial charge >= 0.3 is 5.97 Å². The smallest absolute Gasteiger partial charge is 0.334 e. The maximum absolute atomic E-state index is 12.6. The Morgan fingerprint density at radius 3 is 2.07 bits per heavy atom. The summed E-state index contributed by atoms with van der Waals surface area (Å²) in [5.74, 6) is -0.503. The zero-order valence-corrected chi connectivity index (χ0v) is 18.6. The number of nitrogens with one attached hydrogen (secondary N) is 1. The molecule has 0 spiro atoms. The van der Waals surface area contributed by atoms with Gasteiger partial charge in [0.15, 0.2) is 0 Å². The van der Waals surface area contributed by atoms with Crippen LogP contribution in [-0.2, 0) is 19.6 Å². The molecule has 0 atom stereocenters. The highest BCUT2D eigenvalue weighted by Crippen LogP contribution is 2.30. The maximum atomic E-state index is 12.6. The van der Waals surface area contributed by atoms with E-state index in [0.717, 1.165) is 5.56 Å². The van der Waals surface area contributed by atoms with Gasteiger partial charge in [0.05, 0.1) is 11.5 Å². The number of aliphatic hydroxyl groups is 1. The molecular formula is C23H29NO5S. The van der Waals surface area contributed by atoms with Gasteiger partial charge in [-0.25, -0.2) is 17.9 Å². The van der Waals surface area contributed by atoms with Crippen molar-refractivity contribution in [3.63, 3.8) is 0 Å². The molecule has 6 nitrogen and oxygen atoms in total. The molecule has 2 rings (SSSR count). The van der Waals surface area contributed by atoms with Crippen LogP contribution in [0.1, 0.15) is 45.2 Å². The van der Waals surface area contributed by atoms with Crippen LogP contribution in [0, 0.1) is 0 Å². The van der Waals surface area contributed by atoms with Crippen molar-refractivity contribution in [2.45, 2.75) is 44.6 Å². The van der Waals surface area contributed by atoms with Crippen LogP contribution >= 0.6 is 0 Å². The van der Waals surface area contributed by atoms with Crippen molar-refractivity contribution < 1.29 is 23.1 Å². The second-order valence-electron chi connectivity index (χ2n) is 7.79. The molecule has 2 aromatic carbocycles. The Hall–Kier alpha value is -2.48. The van der Waals surface area contributed by atoms with Gasteiger partial charge in [0.25, 0.3) is 0 Å². The van der Waals surface area contributed by atoms with Crippen molar-refractivity contribution in [2.75, 3.05) is 13.2 Å². The summed E-state index contributed by atoms with van der Waals surface area (Å²) >= 11 is 0. The summed E-state index contributed by atoms with van der Waals surface area (Å²) in [7, 11) is -3.68. The summed E-state index contributed by atoms with van der Waals surface area (Å²) in [5, 5.41) is 9.53. The van der Waals surface area contributed by atoms with E-state index in [-0.39, 0.29) is 24.5 Å². The van der Waals surface area contributed by atoms with E-state index in [4.69, 9.17) is 4.74 Å². The highest BCUT2D eigenvalue weighted by atomic mass is 32.2. The van der Waals surface area contributed by atoms with E-state index >= 15 is 0 Å². The van der Waals surface area contributed by atoms with Crippen molar-refractivity contribution in [1.29, 1.82) is 0 Å². The number of hydrogen-bond donors (Lipinski definition) is 2. The molecule has 0 amide bonds. The second-order valence-corrected chi connectivity index (χ2v) is 9.48. The zero-order valence-electron chi connectivity index (χ0n) is 17.8. The number of benzene rings is 2. The molecule has 0 aliphatic rings. The highest BCUT2D eigenvalue weighted by molar-refractivity contribution is 7.89. The molecule has 7 heteroatoms. The summed E-state index contributed by atoms with van der Waals surface area (Å²) < 4.78 is 33.0. The lowest BCUT2D eigenvalue weighted by atomic mass is 9.91. The van der Waals surface area contributed by atoms with Crippen molar-refractivity contribution in [2.24, 2.45) is 0 Å². The number of sulfonamides is 1. The molecule has 0 bridgehead atoms. The molecule has 0 aliphatic heterocycles. The number of hydrogen-bond acceptors (Lipinski definition) is 5. The number of esters is 1. The first-order chi connectivity index (χ1) is 14.1. The fourth-order valence-electron chi connectivity index (χ4n) is 3.04. The molecule has 2 N–H and O–H groups in total. The van der Waals surface area contributed by atoms with E-state index in [1.807, 2.05) is 30.3 Å². The molecular weight excluding hydrogens is 402 g/mol. The molecule has 30 heavy (non-hydrogen) atoms. The van der Waals surface area contributed by atoms with Crippen LogP contribution in [0.4, 0.5) is 0 Å². The maximum Gasteiger partial charge on any atom is 0.334 e. The van der Waals surface area contributed by atoms with Gasteiger partial charge in [0.2, 0.25) is 10.0 Å². The van der Waals surface area contributed by atoms with Crippen LogP contribution in [0.2, 0.25) is 0 Å². The zero-order chi connectivity index (χ0) is 22.4. The van der Waals surface area contributed by atoms with Crippen molar-refractivity contribution in [3.8, 4) is 0 Å². The van der Waals surface area contributed by atoms with Gasteiger partial charge in [-0.15, -0.1) is 0 Å². The minimum atomic E-state index is -3.68. The Bertz CT molecular complexity index is 988. The van der Waals surface area contributed by atoms with E-state index < -0.39 is 21.5 Å². The fraction of sp³-hybridized carbons (Fsp3) is 0.348. The monoisotopic (exact) mass is 431 g/mol. The lowest BCUT2D eigenvalue weighted by molar-refractivity contribution is -0.138. The first-order valence-electron chi connectivity index (χ1n) is 9.80. The number of aliphatic hydroxyl groups excluding tert-OH is 1. The van der Waals surface area contributed by atoms with E-state index in [1.165, 1.54) is 12.1 Å². The van der Waals surface area contributed by atoms with Crippen LogP contribution in [0.3, 0.4) is 0 Å². The second kappa shape index (κ2) is 10.0. The summed E-state index contributed by atoms with van der Waals surface area (Å²) in [6.07, 6.45) is 0.120. The van der Waals surface area contributed by atoms with Crippen LogP contribution in [0.15, 0.2) is 65.1 Å². The molecule has 0 unspecified atom stereocenters. The van der Waals surface area contributed by atoms with E-state index in [1.54, 1.807) is 39.8 Å². The Morgan fingerprint density at radius 2 is 1.57 bits per heavy atom. The normalized spacial score (nSPS) is 13.0. The molecule has 0 radical (unpaired) electrons. The average molecular weight is 432 g/mol. The van der Waals surface area contributed by atoms with E-state index in [0.29, 0.717) is 16.7 Å². The lowest BCUT2D eigenvalue weighted by Gasteiger charge is -2.20. The van der Waals surface area contributed by atoms with Crippen molar-refractivity contribution >= 4 is 21.6 Å². The van der Waals surface area contributed by atoms with E-state index in [9.17, 15) is 18.3 Å². The van der Waals surface area contributed by atoms with Crippen LogP contribution in [0.5, 0.6) is 0 Å². The molecule has 0 aliphatic carbocycles. The average Bonchev–Trinajstić information content (AvgIpc) is 2.67. The van der Waals surface area contributed by atoms with E-state index in [2.05, 4.69) is 4.72 Å². The number of carbonyl (C=O) groups is 1. The van der Waals surface area contributed by atoms with Crippen molar-refractivity contribution in [3.05, 3.63) is 71.3 Å². The molecule has 0 saturated heterocycles.